The number of carbonyl (C=O) groups is 3. The molecule has 0 fully saturated rings. The van der Waals surface area contributed by atoms with Gasteiger partial charge in [-0.2, -0.15) is 0 Å². The van der Waals surface area contributed by atoms with Crippen molar-refractivity contribution in [3.8, 4) is 0 Å². The summed E-state index contributed by atoms with van der Waals surface area (Å²) in [5.41, 5.74) is 0. The molecule has 0 aromatic carbocycles. The molecule has 0 N–H and O–H groups in total. The van der Waals surface area contributed by atoms with E-state index in [1.54, 1.807) is 0 Å². The minimum Gasteiger partial charge on any atom is -0.462 e. The normalized spacial score (nSPS) is 12.7. The van der Waals surface area contributed by atoms with Gasteiger partial charge in [0.2, 0.25) is 0 Å². The lowest BCUT2D eigenvalue weighted by molar-refractivity contribution is -0.167. The van der Waals surface area contributed by atoms with Crippen LogP contribution >= 0.6 is 0 Å². The van der Waals surface area contributed by atoms with Crippen molar-refractivity contribution >= 4 is 17.9 Å². The highest BCUT2D eigenvalue weighted by molar-refractivity contribution is 5.71. The molecule has 0 aliphatic rings. The molecule has 6 heteroatoms. The Morgan fingerprint density at radius 3 is 0.821 bits per heavy atom. The number of unbranched alkanes of at least 4 members (excludes halogenated alkanes) is 33. The van der Waals surface area contributed by atoms with E-state index in [1.165, 1.54) is 167 Å². The first-order valence-corrected chi connectivity index (χ1v) is 33.2. The summed E-state index contributed by atoms with van der Waals surface area (Å²) in [6.45, 7) is 6.51. The average molecular weight is 1090 g/mol. The van der Waals surface area contributed by atoms with Crippen LogP contribution in [0.4, 0.5) is 0 Å². The first kappa shape index (κ1) is 74.3. The van der Waals surface area contributed by atoms with Crippen LogP contribution in [0, 0.1) is 0 Å². The van der Waals surface area contributed by atoms with E-state index in [4.69, 9.17) is 14.2 Å². The van der Waals surface area contributed by atoms with Gasteiger partial charge in [-0.05, 0) is 122 Å². The molecular formula is C72H124O6. The second-order valence-corrected chi connectivity index (χ2v) is 22.0. The van der Waals surface area contributed by atoms with E-state index < -0.39 is 6.10 Å². The van der Waals surface area contributed by atoms with E-state index in [-0.39, 0.29) is 31.1 Å². The third-order valence-corrected chi connectivity index (χ3v) is 14.3. The Morgan fingerprint density at radius 2 is 0.500 bits per heavy atom. The fourth-order valence-corrected chi connectivity index (χ4v) is 9.32. The van der Waals surface area contributed by atoms with Gasteiger partial charge in [-0.3, -0.25) is 14.4 Å². The minimum absolute atomic E-state index is 0.0858. The van der Waals surface area contributed by atoms with Crippen molar-refractivity contribution in [3.05, 3.63) is 97.2 Å². The number of hydrogen-bond acceptors (Lipinski definition) is 6. The van der Waals surface area contributed by atoms with Gasteiger partial charge in [-0.25, -0.2) is 0 Å². The predicted octanol–water partition coefficient (Wildman–Crippen LogP) is 22.8. The molecule has 1 atom stereocenters. The highest BCUT2D eigenvalue weighted by atomic mass is 16.6. The molecule has 0 rings (SSSR count). The van der Waals surface area contributed by atoms with Crippen molar-refractivity contribution in [3.63, 3.8) is 0 Å². The number of allylic oxidation sites excluding steroid dienone is 16. The van der Waals surface area contributed by atoms with Gasteiger partial charge in [-0.1, -0.05) is 279 Å². The highest BCUT2D eigenvalue weighted by Crippen LogP contribution is 2.16. The second-order valence-electron chi connectivity index (χ2n) is 22.0. The molecule has 0 aromatic rings. The standard InChI is InChI=1S/C72H124O6/c1-4-7-10-13-16-19-22-25-27-29-31-33-35-36-38-39-41-43-45-47-50-53-56-59-62-65-71(74)77-68-69(67-76-70(73)64-61-58-55-52-49-24-21-18-15-12-9-6-3)78-72(75)66-63-60-57-54-51-48-46-44-42-40-37-34-32-30-28-26-23-20-17-14-11-8-5-2/h7,10,16,18-19,21,25,27,30-33,36,38,41,43,69H,4-6,8-9,11-15,17,20,22-24,26,28-29,34-35,37,39-40,42,44-68H2,1-3H3/b10-7-,19-16-,21-18-,27-25-,32-30-,33-31-,38-36-,43-41-. The SMILES string of the molecule is CC/C=C\C/C=C\C/C=C\C/C=C\C/C=C\C/C=C\CCCCCCCCC(=O)OCC(COC(=O)CCCCCCC/C=C\CCCCC)OC(=O)CCCCCCCCCCCCC/C=C\CCCCCCCCCC. The van der Waals surface area contributed by atoms with E-state index in [0.29, 0.717) is 19.3 Å². The van der Waals surface area contributed by atoms with Crippen molar-refractivity contribution in [2.45, 2.75) is 329 Å². The summed E-state index contributed by atoms with van der Waals surface area (Å²) in [5.74, 6) is -0.899. The van der Waals surface area contributed by atoms with Gasteiger partial charge >= 0.3 is 17.9 Å². The van der Waals surface area contributed by atoms with E-state index in [9.17, 15) is 14.4 Å². The number of rotatable bonds is 60. The molecule has 1 unspecified atom stereocenters. The van der Waals surface area contributed by atoms with Gasteiger partial charge in [0.05, 0.1) is 0 Å². The molecule has 0 heterocycles. The molecule has 0 aromatic heterocycles. The first-order chi connectivity index (χ1) is 38.5. The number of ether oxygens (including phenoxy) is 3. The molecule has 448 valence electrons. The number of hydrogen-bond donors (Lipinski definition) is 0. The van der Waals surface area contributed by atoms with Crippen molar-refractivity contribution in [2.24, 2.45) is 0 Å². The minimum atomic E-state index is -0.789. The predicted molar refractivity (Wildman–Crippen MR) is 339 cm³/mol. The van der Waals surface area contributed by atoms with Gasteiger partial charge in [-0.15, -0.1) is 0 Å². The molecule has 0 aliphatic carbocycles. The van der Waals surface area contributed by atoms with Crippen LogP contribution in [-0.4, -0.2) is 37.2 Å². The molecule has 0 radical (unpaired) electrons. The summed E-state index contributed by atoms with van der Waals surface area (Å²) >= 11 is 0. The zero-order chi connectivity index (χ0) is 56.4. The molecule has 0 amide bonds. The zero-order valence-electron chi connectivity index (χ0n) is 51.4. The van der Waals surface area contributed by atoms with Gasteiger partial charge in [0.1, 0.15) is 13.2 Å². The first-order valence-electron chi connectivity index (χ1n) is 33.2. The molecular weight excluding hydrogens is 961 g/mol. The molecule has 0 aliphatic heterocycles. The van der Waals surface area contributed by atoms with E-state index in [0.717, 1.165) is 116 Å². The van der Waals surface area contributed by atoms with Crippen molar-refractivity contribution in [1.82, 2.24) is 0 Å². The summed E-state index contributed by atoms with van der Waals surface area (Å²) in [6, 6.07) is 0. The second kappa shape index (κ2) is 65.8. The summed E-state index contributed by atoms with van der Waals surface area (Å²) in [6.07, 6.45) is 88.5. The number of carbonyl (C=O) groups excluding carboxylic acids is 3. The lowest BCUT2D eigenvalue weighted by Gasteiger charge is -2.18. The average Bonchev–Trinajstić information content (AvgIpc) is 3.44. The fourth-order valence-electron chi connectivity index (χ4n) is 9.32. The Balaban J connectivity index is 4.33. The van der Waals surface area contributed by atoms with Crippen LogP contribution in [-0.2, 0) is 28.6 Å². The molecule has 6 nitrogen and oxygen atoms in total. The van der Waals surface area contributed by atoms with E-state index >= 15 is 0 Å². The fraction of sp³-hybridized carbons (Fsp3) is 0.736. The third-order valence-electron chi connectivity index (χ3n) is 14.3. The maximum Gasteiger partial charge on any atom is 0.306 e. The van der Waals surface area contributed by atoms with Crippen LogP contribution in [0.2, 0.25) is 0 Å². The summed E-state index contributed by atoms with van der Waals surface area (Å²) in [4.78, 5) is 38.3. The molecule has 0 saturated heterocycles. The zero-order valence-corrected chi connectivity index (χ0v) is 51.4. The van der Waals surface area contributed by atoms with Crippen LogP contribution in [0.5, 0.6) is 0 Å². The summed E-state index contributed by atoms with van der Waals surface area (Å²) < 4.78 is 16.9. The van der Waals surface area contributed by atoms with Crippen molar-refractivity contribution in [1.29, 1.82) is 0 Å². The lowest BCUT2D eigenvalue weighted by atomic mass is 10.0. The van der Waals surface area contributed by atoms with Crippen molar-refractivity contribution < 1.29 is 28.6 Å². The quantitative estimate of drug-likeness (QED) is 0.0261. The smallest absolute Gasteiger partial charge is 0.306 e. The molecule has 0 saturated carbocycles. The van der Waals surface area contributed by atoms with Gasteiger partial charge < -0.3 is 14.2 Å². The van der Waals surface area contributed by atoms with E-state index in [1.807, 2.05) is 0 Å². The topological polar surface area (TPSA) is 78.9 Å². The monoisotopic (exact) mass is 1080 g/mol. The molecule has 78 heavy (non-hydrogen) atoms. The Bertz CT molecular complexity index is 1530. The van der Waals surface area contributed by atoms with Crippen molar-refractivity contribution in [2.75, 3.05) is 13.2 Å². The molecule has 0 spiro atoms. The number of esters is 3. The largest absolute Gasteiger partial charge is 0.462 e. The Kier molecular flexibility index (Phi) is 62.7. The Labute approximate surface area is 483 Å². The van der Waals surface area contributed by atoms with Gasteiger partial charge in [0.25, 0.3) is 0 Å². The van der Waals surface area contributed by atoms with Crippen LogP contribution in [0.15, 0.2) is 97.2 Å². The van der Waals surface area contributed by atoms with Crippen LogP contribution in [0.1, 0.15) is 323 Å². The summed E-state index contributed by atoms with van der Waals surface area (Å²) in [5, 5.41) is 0. The van der Waals surface area contributed by atoms with Crippen LogP contribution in [0.3, 0.4) is 0 Å². The highest BCUT2D eigenvalue weighted by Gasteiger charge is 2.19. The maximum absolute atomic E-state index is 12.9. The Hall–Kier alpha value is -3.67. The van der Waals surface area contributed by atoms with Gasteiger partial charge in [0.15, 0.2) is 6.10 Å². The van der Waals surface area contributed by atoms with E-state index in [2.05, 4.69) is 118 Å². The molecule has 0 bridgehead atoms. The lowest BCUT2D eigenvalue weighted by Crippen LogP contribution is -2.30. The van der Waals surface area contributed by atoms with Crippen LogP contribution < -0.4 is 0 Å². The third kappa shape index (κ3) is 63.2. The maximum atomic E-state index is 12.9. The van der Waals surface area contributed by atoms with Gasteiger partial charge in [0, 0.05) is 19.3 Å². The Morgan fingerprint density at radius 1 is 0.269 bits per heavy atom. The summed E-state index contributed by atoms with van der Waals surface area (Å²) in [7, 11) is 0. The van der Waals surface area contributed by atoms with Crippen LogP contribution in [0.25, 0.3) is 0 Å².